The smallest absolute Gasteiger partial charge is 0.341 e. The highest BCUT2D eigenvalue weighted by Gasteiger charge is 2.27. The summed E-state index contributed by atoms with van der Waals surface area (Å²) in [6.07, 6.45) is 0. The van der Waals surface area contributed by atoms with Crippen LogP contribution in [0.1, 0.15) is 25.0 Å². The molecule has 0 saturated carbocycles. The summed E-state index contributed by atoms with van der Waals surface area (Å²) in [5, 5.41) is 17.4. The summed E-state index contributed by atoms with van der Waals surface area (Å²) in [6, 6.07) is 37.9. The zero-order valence-electron chi connectivity index (χ0n) is 36.1. The third kappa shape index (κ3) is 9.88. The van der Waals surface area contributed by atoms with E-state index in [1.807, 2.05) is 13.8 Å². The molecule has 8 aromatic carbocycles. The van der Waals surface area contributed by atoms with Crippen molar-refractivity contribution in [2.45, 2.75) is 38.8 Å². The number of fused-ring (bicyclic) bond motifs is 2. The Morgan fingerprint density at radius 3 is 1.12 bits per heavy atom. The summed E-state index contributed by atoms with van der Waals surface area (Å²) in [7, 11) is -18.2. The minimum Gasteiger partial charge on any atom is -0.397 e. The highest BCUT2D eigenvalue weighted by molar-refractivity contribution is 7.87. The van der Waals surface area contributed by atoms with E-state index in [4.69, 9.17) is 19.8 Å². The third-order valence-corrected chi connectivity index (χ3v) is 15.4. The highest BCUT2D eigenvalue weighted by Crippen LogP contribution is 2.40. The van der Waals surface area contributed by atoms with Gasteiger partial charge in [-0.05, 0) is 83.9 Å². The van der Waals surface area contributed by atoms with Gasteiger partial charge in [0.25, 0.3) is 20.2 Å². The molecule has 6 N–H and O–H groups in total. The number of rotatable bonds is 14. The molecule has 352 valence electrons. The number of nitrogens with two attached hydrogens (primary N) is 2. The average Bonchev–Trinajstić information content (AvgIpc) is 3.30. The van der Waals surface area contributed by atoms with E-state index in [1.165, 1.54) is 121 Å². The van der Waals surface area contributed by atoms with Gasteiger partial charge in [0.05, 0.1) is 11.4 Å². The fourth-order valence-corrected chi connectivity index (χ4v) is 10.9. The molecule has 69 heavy (non-hydrogen) atoms. The van der Waals surface area contributed by atoms with Gasteiger partial charge < -0.3 is 19.8 Å². The molecule has 0 heterocycles. The van der Waals surface area contributed by atoms with Crippen molar-refractivity contribution in [3.05, 3.63) is 169 Å². The molecule has 8 aromatic rings. The van der Waals surface area contributed by atoms with Gasteiger partial charge in [0.15, 0.2) is 0 Å². The lowest BCUT2D eigenvalue weighted by atomic mass is 9.78. The number of benzene rings is 8. The molecule has 0 spiro atoms. The van der Waals surface area contributed by atoms with Crippen molar-refractivity contribution in [3.63, 3.8) is 0 Å². The number of nitrogens with zero attached hydrogens (tertiary/aromatic N) is 4. The second-order valence-electron chi connectivity index (χ2n) is 15.7. The summed E-state index contributed by atoms with van der Waals surface area (Å²) in [5.41, 5.74) is 13.2. The predicted molar refractivity (Wildman–Crippen MR) is 258 cm³/mol. The van der Waals surface area contributed by atoms with Crippen molar-refractivity contribution in [3.8, 4) is 11.5 Å². The molecule has 0 bridgehead atoms. The van der Waals surface area contributed by atoms with E-state index in [9.17, 15) is 42.8 Å². The quantitative estimate of drug-likeness (QED) is 0.0341. The molecule has 0 unspecified atom stereocenters. The van der Waals surface area contributed by atoms with Crippen LogP contribution in [0.15, 0.2) is 198 Å². The zero-order valence-corrected chi connectivity index (χ0v) is 39.3. The fourth-order valence-electron chi connectivity index (χ4n) is 7.41. The van der Waals surface area contributed by atoms with E-state index in [0.717, 1.165) is 11.1 Å². The molecule has 0 atom stereocenters. The Balaban J connectivity index is 0.977. The predicted octanol–water partition coefficient (Wildman–Crippen LogP) is 10.3. The van der Waals surface area contributed by atoms with Crippen LogP contribution in [-0.4, -0.2) is 42.8 Å². The van der Waals surface area contributed by atoms with E-state index >= 15 is 0 Å². The van der Waals surface area contributed by atoms with Gasteiger partial charge in [0, 0.05) is 27.0 Å². The third-order valence-electron chi connectivity index (χ3n) is 11.0. The summed E-state index contributed by atoms with van der Waals surface area (Å²) < 4.78 is 133. The summed E-state index contributed by atoms with van der Waals surface area (Å²) in [5.74, 6) is -0.0315. The maximum absolute atomic E-state index is 13.7. The van der Waals surface area contributed by atoms with Gasteiger partial charge in [-0.1, -0.05) is 98.8 Å². The minimum absolute atomic E-state index is 0.0158. The Morgan fingerprint density at radius 2 is 0.754 bits per heavy atom. The SMILES string of the molecule is CC(C)(c1ccc(OS(=O)(=O)c2ccccc2N=Nc2c(N)ccc3c(S(=O)(=O)O)cccc23)cc1)c1ccc(OS(=O)(=O)c2ccccc2N=Nc2c(N)ccc3c(S(=O)(=O)O)cccc23)cc1. The van der Waals surface area contributed by atoms with E-state index in [-0.39, 0.29) is 86.8 Å². The molecular weight excluding hydrogens is 969 g/mol. The maximum atomic E-state index is 13.7. The first kappa shape index (κ1) is 47.9. The standard InChI is InChI=1S/C47H38N6O12S4/c1-47(2,29-17-21-31(22-18-29)64-68(60,61)43-13-5-3-11-39(43)50-52-45-35-9-7-15-41(66(54,55)56)33(35)25-27-37(45)48)30-19-23-32(24-20-30)65-69(62,63)44-14-6-4-12-40(44)51-53-46-36-10-8-16-42(67(57,58)59)34(36)26-28-38(46)49/h3-28H,48-49H2,1-2H3,(H,54,55,56)(H,57,58,59). The molecular formula is C47H38N6O12S4. The van der Waals surface area contributed by atoms with Gasteiger partial charge in [0.1, 0.15) is 53.8 Å². The normalized spacial score (nSPS) is 12.8. The molecule has 0 aliphatic rings. The monoisotopic (exact) mass is 1010 g/mol. The zero-order chi connectivity index (χ0) is 49.5. The lowest BCUT2D eigenvalue weighted by Crippen LogP contribution is -2.19. The Morgan fingerprint density at radius 1 is 0.406 bits per heavy atom. The molecule has 0 aliphatic heterocycles. The fraction of sp³-hybridized carbons (Fsp3) is 0.0638. The summed E-state index contributed by atoms with van der Waals surface area (Å²) in [4.78, 5) is -1.37. The van der Waals surface area contributed by atoms with Crippen LogP contribution in [0.5, 0.6) is 11.5 Å². The molecule has 8 rings (SSSR count). The largest absolute Gasteiger partial charge is 0.397 e. The number of nitrogen functional groups attached to an aromatic ring is 2. The molecule has 0 amide bonds. The summed E-state index contributed by atoms with van der Waals surface area (Å²) >= 11 is 0. The van der Waals surface area contributed by atoms with Crippen molar-refractivity contribution in [1.29, 1.82) is 0 Å². The van der Waals surface area contributed by atoms with E-state index in [1.54, 1.807) is 36.4 Å². The van der Waals surface area contributed by atoms with Gasteiger partial charge in [-0.25, -0.2) is 0 Å². The van der Waals surface area contributed by atoms with Crippen molar-refractivity contribution >= 4 is 96.1 Å². The van der Waals surface area contributed by atoms with Crippen LogP contribution in [0.3, 0.4) is 0 Å². The molecule has 0 aliphatic carbocycles. The van der Waals surface area contributed by atoms with Gasteiger partial charge in [-0.2, -0.15) is 33.7 Å². The molecule has 0 fully saturated rings. The lowest BCUT2D eigenvalue weighted by molar-refractivity contribution is 0.482. The van der Waals surface area contributed by atoms with Crippen LogP contribution in [0, 0.1) is 0 Å². The first-order chi connectivity index (χ1) is 32.5. The van der Waals surface area contributed by atoms with Crippen LogP contribution in [0.4, 0.5) is 34.1 Å². The number of azo groups is 2. The first-order valence-electron chi connectivity index (χ1n) is 20.2. The highest BCUT2D eigenvalue weighted by atomic mass is 32.2. The van der Waals surface area contributed by atoms with Crippen LogP contribution < -0.4 is 19.8 Å². The van der Waals surface area contributed by atoms with Crippen molar-refractivity contribution in [1.82, 2.24) is 0 Å². The summed E-state index contributed by atoms with van der Waals surface area (Å²) in [6.45, 7) is 3.82. The number of hydrogen-bond donors (Lipinski definition) is 4. The van der Waals surface area contributed by atoms with E-state index < -0.39 is 45.9 Å². The van der Waals surface area contributed by atoms with Crippen LogP contribution in [0.2, 0.25) is 0 Å². The first-order valence-corrected chi connectivity index (χ1v) is 25.9. The maximum Gasteiger partial charge on any atom is 0.341 e. The molecule has 18 nitrogen and oxygen atoms in total. The Labute approximate surface area is 396 Å². The lowest BCUT2D eigenvalue weighted by Gasteiger charge is -2.26. The van der Waals surface area contributed by atoms with E-state index in [2.05, 4.69) is 20.5 Å². The minimum atomic E-state index is -4.59. The molecule has 0 aromatic heterocycles. The Bertz CT molecular complexity index is 3620. The van der Waals surface area contributed by atoms with Crippen molar-refractivity contribution in [2.24, 2.45) is 20.5 Å². The van der Waals surface area contributed by atoms with Gasteiger partial charge in [0.2, 0.25) is 0 Å². The number of hydrogen-bond acceptors (Lipinski definition) is 16. The van der Waals surface area contributed by atoms with Crippen molar-refractivity contribution < 1.29 is 51.1 Å². The van der Waals surface area contributed by atoms with Crippen molar-refractivity contribution in [2.75, 3.05) is 11.5 Å². The molecule has 0 saturated heterocycles. The van der Waals surface area contributed by atoms with Crippen LogP contribution in [0.25, 0.3) is 21.5 Å². The Kier molecular flexibility index (Phi) is 12.6. The second-order valence-corrected chi connectivity index (χ2v) is 21.6. The van der Waals surface area contributed by atoms with Gasteiger partial charge in [-0.15, -0.1) is 20.5 Å². The number of anilines is 2. The van der Waals surface area contributed by atoms with Crippen LogP contribution in [-0.2, 0) is 45.9 Å². The molecule has 0 radical (unpaired) electrons. The van der Waals surface area contributed by atoms with Gasteiger partial charge >= 0.3 is 20.2 Å². The van der Waals surface area contributed by atoms with Gasteiger partial charge in [-0.3, -0.25) is 9.11 Å². The van der Waals surface area contributed by atoms with Crippen LogP contribution >= 0.6 is 0 Å². The topological polar surface area (TPSA) is 297 Å². The Hall–Kier alpha value is -7.60. The average molecular weight is 1010 g/mol. The second kappa shape index (κ2) is 18.1. The van der Waals surface area contributed by atoms with E-state index in [0.29, 0.717) is 0 Å². The molecule has 22 heteroatoms.